The maximum Gasteiger partial charge on any atom is 0.00888 e. The van der Waals surface area contributed by atoms with E-state index in [1.807, 2.05) is 0 Å². The van der Waals surface area contributed by atoms with Gasteiger partial charge in [0.05, 0.1) is 0 Å². The van der Waals surface area contributed by atoms with Crippen LogP contribution in [-0.4, -0.2) is 31.1 Å². The molecule has 104 valence electrons. The molecule has 2 fully saturated rings. The normalized spacial score (nSPS) is 20.7. The highest BCUT2D eigenvalue weighted by Gasteiger charge is 2.30. The molecule has 3 rings (SSSR count). The largest absolute Gasteiger partial charge is 0.330 e. The summed E-state index contributed by atoms with van der Waals surface area (Å²) in [5.41, 5.74) is 7.42. The van der Waals surface area contributed by atoms with Gasteiger partial charge in [0.2, 0.25) is 0 Å². The van der Waals surface area contributed by atoms with Gasteiger partial charge in [-0.15, -0.1) is 0 Å². The molecule has 0 bridgehead atoms. The Bertz CT molecular complexity index is 368. The van der Waals surface area contributed by atoms with Crippen molar-refractivity contribution in [3.05, 3.63) is 35.9 Å². The third-order valence-electron chi connectivity index (χ3n) is 4.46. The highest BCUT2D eigenvalue weighted by atomic mass is 15.1. The van der Waals surface area contributed by atoms with Crippen molar-refractivity contribution in [3.63, 3.8) is 0 Å². The van der Waals surface area contributed by atoms with E-state index in [-0.39, 0.29) is 0 Å². The van der Waals surface area contributed by atoms with Gasteiger partial charge in [-0.25, -0.2) is 0 Å². The molecule has 1 unspecified atom stereocenters. The van der Waals surface area contributed by atoms with Crippen molar-refractivity contribution in [1.29, 1.82) is 0 Å². The predicted octanol–water partition coefficient (Wildman–Crippen LogP) is 2.85. The second kappa shape index (κ2) is 6.06. The van der Waals surface area contributed by atoms with Crippen molar-refractivity contribution in [2.75, 3.05) is 26.2 Å². The number of nitrogens with zero attached hydrogens (tertiary/aromatic N) is 1. The second-order valence-electron chi connectivity index (χ2n) is 6.45. The van der Waals surface area contributed by atoms with Crippen molar-refractivity contribution in [2.24, 2.45) is 17.6 Å². The molecule has 2 saturated carbocycles. The van der Waals surface area contributed by atoms with E-state index in [0.717, 1.165) is 24.9 Å². The van der Waals surface area contributed by atoms with Crippen LogP contribution in [0.2, 0.25) is 0 Å². The average molecular weight is 258 g/mol. The van der Waals surface area contributed by atoms with Crippen LogP contribution >= 0.6 is 0 Å². The Labute approximate surface area is 117 Å². The Hall–Kier alpha value is -0.860. The maximum absolute atomic E-state index is 6.02. The third kappa shape index (κ3) is 4.05. The van der Waals surface area contributed by atoms with Crippen LogP contribution in [0.3, 0.4) is 0 Å². The zero-order chi connectivity index (χ0) is 13.1. The molecule has 2 heteroatoms. The van der Waals surface area contributed by atoms with Gasteiger partial charge in [-0.1, -0.05) is 30.3 Å². The summed E-state index contributed by atoms with van der Waals surface area (Å²) >= 11 is 0. The van der Waals surface area contributed by atoms with Crippen LogP contribution in [0.5, 0.6) is 0 Å². The quantitative estimate of drug-likeness (QED) is 0.777. The molecule has 2 nitrogen and oxygen atoms in total. The van der Waals surface area contributed by atoms with E-state index in [0.29, 0.717) is 5.92 Å². The van der Waals surface area contributed by atoms with Gasteiger partial charge in [-0.2, -0.15) is 0 Å². The summed E-state index contributed by atoms with van der Waals surface area (Å²) in [7, 11) is 0. The fourth-order valence-corrected chi connectivity index (χ4v) is 2.91. The maximum atomic E-state index is 6.02. The highest BCUT2D eigenvalue weighted by Crippen LogP contribution is 2.34. The highest BCUT2D eigenvalue weighted by molar-refractivity contribution is 5.20. The molecule has 0 heterocycles. The minimum absolute atomic E-state index is 0.499. The molecule has 1 atom stereocenters. The molecule has 0 radical (unpaired) electrons. The zero-order valence-corrected chi connectivity index (χ0v) is 11.8. The molecular formula is C17H26N2. The van der Waals surface area contributed by atoms with Gasteiger partial charge in [-0.3, -0.25) is 0 Å². The Morgan fingerprint density at radius 2 is 1.58 bits per heavy atom. The number of nitrogens with two attached hydrogens (primary N) is 1. The summed E-state index contributed by atoms with van der Waals surface area (Å²) < 4.78 is 0. The van der Waals surface area contributed by atoms with E-state index in [1.165, 1.54) is 44.3 Å². The predicted molar refractivity (Wildman–Crippen MR) is 80.1 cm³/mol. The monoisotopic (exact) mass is 258 g/mol. The van der Waals surface area contributed by atoms with Crippen LogP contribution in [0, 0.1) is 11.8 Å². The molecule has 2 aliphatic rings. The van der Waals surface area contributed by atoms with Crippen molar-refractivity contribution >= 4 is 0 Å². The molecule has 1 aromatic rings. The molecule has 2 aliphatic carbocycles. The lowest BCUT2D eigenvalue weighted by Crippen LogP contribution is -2.34. The smallest absolute Gasteiger partial charge is 0.00888 e. The first-order valence-corrected chi connectivity index (χ1v) is 7.82. The van der Waals surface area contributed by atoms with Gasteiger partial charge in [0.1, 0.15) is 0 Å². The molecule has 0 amide bonds. The van der Waals surface area contributed by atoms with E-state index in [4.69, 9.17) is 5.73 Å². The van der Waals surface area contributed by atoms with Gasteiger partial charge in [0.25, 0.3) is 0 Å². The third-order valence-corrected chi connectivity index (χ3v) is 4.46. The van der Waals surface area contributed by atoms with Gasteiger partial charge >= 0.3 is 0 Å². The lowest BCUT2D eigenvalue weighted by Gasteiger charge is -2.27. The number of hydrogen-bond acceptors (Lipinski definition) is 2. The molecule has 2 N–H and O–H groups in total. The van der Waals surface area contributed by atoms with Gasteiger partial charge in [0.15, 0.2) is 0 Å². The lowest BCUT2D eigenvalue weighted by molar-refractivity contribution is 0.238. The van der Waals surface area contributed by atoms with Crippen LogP contribution in [0.1, 0.15) is 37.2 Å². The number of hydrogen-bond donors (Lipinski definition) is 1. The molecule has 0 aliphatic heterocycles. The Morgan fingerprint density at radius 1 is 1.00 bits per heavy atom. The van der Waals surface area contributed by atoms with Crippen molar-refractivity contribution in [1.82, 2.24) is 4.90 Å². The van der Waals surface area contributed by atoms with Gasteiger partial charge < -0.3 is 10.6 Å². The molecule has 1 aromatic carbocycles. The Morgan fingerprint density at radius 3 is 2.05 bits per heavy atom. The fourth-order valence-electron chi connectivity index (χ4n) is 2.91. The van der Waals surface area contributed by atoms with E-state index in [1.54, 1.807) is 0 Å². The Balaban J connectivity index is 1.60. The molecule has 0 saturated heterocycles. The van der Waals surface area contributed by atoms with Crippen LogP contribution < -0.4 is 5.73 Å². The minimum atomic E-state index is 0.499. The first-order chi connectivity index (χ1) is 9.35. The first kappa shape index (κ1) is 13.1. The Kier molecular flexibility index (Phi) is 4.19. The summed E-state index contributed by atoms with van der Waals surface area (Å²) in [6.45, 7) is 4.52. The zero-order valence-electron chi connectivity index (χ0n) is 11.8. The fraction of sp³-hybridized carbons (Fsp3) is 0.647. The van der Waals surface area contributed by atoms with Crippen LogP contribution in [-0.2, 0) is 0 Å². The summed E-state index contributed by atoms with van der Waals surface area (Å²) in [4.78, 5) is 2.69. The van der Waals surface area contributed by atoms with E-state index < -0.39 is 0 Å². The van der Waals surface area contributed by atoms with Crippen LogP contribution in [0.15, 0.2) is 30.3 Å². The van der Waals surface area contributed by atoms with Gasteiger partial charge in [0, 0.05) is 32.1 Å². The topological polar surface area (TPSA) is 29.3 Å². The lowest BCUT2D eigenvalue weighted by atomic mass is 9.98. The molecular weight excluding hydrogens is 232 g/mol. The van der Waals surface area contributed by atoms with Crippen molar-refractivity contribution in [2.45, 2.75) is 31.6 Å². The summed E-state index contributed by atoms with van der Waals surface area (Å²) in [5, 5.41) is 0. The number of rotatable bonds is 8. The van der Waals surface area contributed by atoms with E-state index in [9.17, 15) is 0 Å². The molecule has 19 heavy (non-hydrogen) atoms. The summed E-state index contributed by atoms with van der Waals surface area (Å²) in [5.74, 6) is 2.46. The standard InChI is InChI=1S/C17H26N2/c18-10-17(16-4-2-1-3-5-16)13-19(11-14-6-7-14)12-15-8-9-15/h1-5,14-15,17H,6-13,18H2. The average Bonchev–Trinajstić information content (AvgIpc) is 3.33. The van der Waals surface area contributed by atoms with E-state index >= 15 is 0 Å². The number of benzene rings is 1. The van der Waals surface area contributed by atoms with Gasteiger partial charge in [-0.05, 0) is 43.1 Å². The SMILES string of the molecule is NCC(CN(CC1CC1)CC1CC1)c1ccccc1. The second-order valence-corrected chi connectivity index (χ2v) is 6.45. The first-order valence-electron chi connectivity index (χ1n) is 7.82. The van der Waals surface area contributed by atoms with Crippen LogP contribution in [0.4, 0.5) is 0 Å². The minimum Gasteiger partial charge on any atom is -0.330 e. The van der Waals surface area contributed by atoms with Crippen molar-refractivity contribution in [3.8, 4) is 0 Å². The summed E-state index contributed by atoms with van der Waals surface area (Å²) in [6.07, 6.45) is 5.78. The molecule has 0 spiro atoms. The molecule has 0 aromatic heterocycles. The van der Waals surface area contributed by atoms with Crippen LogP contribution in [0.25, 0.3) is 0 Å². The van der Waals surface area contributed by atoms with Crippen molar-refractivity contribution < 1.29 is 0 Å². The van der Waals surface area contributed by atoms with E-state index in [2.05, 4.69) is 35.2 Å². The summed E-state index contributed by atoms with van der Waals surface area (Å²) in [6, 6.07) is 10.8.